The first-order valence-corrected chi connectivity index (χ1v) is 7.34. The lowest BCUT2D eigenvalue weighted by Gasteiger charge is -2.16. The van der Waals surface area contributed by atoms with Crippen LogP contribution >= 0.6 is 11.6 Å². The fourth-order valence-electron chi connectivity index (χ4n) is 1.88. The highest BCUT2D eigenvalue weighted by Gasteiger charge is 2.15. The monoisotopic (exact) mass is 318 g/mol. The van der Waals surface area contributed by atoms with Crippen molar-refractivity contribution in [2.75, 3.05) is 24.3 Å². The van der Waals surface area contributed by atoms with Crippen molar-refractivity contribution in [1.29, 1.82) is 0 Å². The van der Waals surface area contributed by atoms with Crippen molar-refractivity contribution in [3.63, 3.8) is 0 Å². The number of benzene rings is 2. The van der Waals surface area contributed by atoms with Gasteiger partial charge in [0, 0.05) is 30.5 Å². The minimum Gasteiger partial charge on any atom is -0.481 e. The number of hydrogen-bond donors (Lipinski definition) is 1. The maximum Gasteiger partial charge on any atom is 0.265 e. The number of nitrogens with zero attached hydrogens (tertiary/aromatic N) is 1. The molecule has 1 unspecified atom stereocenters. The molecule has 0 saturated carbocycles. The van der Waals surface area contributed by atoms with Crippen molar-refractivity contribution in [2.24, 2.45) is 0 Å². The summed E-state index contributed by atoms with van der Waals surface area (Å²) in [5.41, 5.74) is 1.80. The molecule has 0 aliphatic carbocycles. The third-order valence-corrected chi connectivity index (χ3v) is 3.36. The molecule has 0 aliphatic heterocycles. The van der Waals surface area contributed by atoms with Crippen LogP contribution in [0.1, 0.15) is 6.92 Å². The van der Waals surface area contributed by atoms with E-state index in [1.54, 1.807) is 31.2 Å². The highest BCUT2D eigenvalue weighted by atomic mass is 35.5. The predicted octanol–water partition coefficient (Wildman–Crippen LogP) is 3.81. The van der Waals surface area contributed by atoms with Gasteiger partial charge >= 0.3 is 0 Å². The summed E-state index contributed by atoms with van der Waals surface area (Å²) >= 11 is 5.89. The lowest BCUT2D eigenvalue weighted by Crippen LogP contribution is -2.30. The Morgan fingerprint density at radius 2 is 1.86 bits per heavy atom. The molecule has 1 amide bonds. The van der Waals surface area contributed by atoms with Crippen LogP contribution in [0.5, 0.6) is 5.75 Å². The van der Waals surface area contributed by atoms with Crippen molar-refractivity contribution < 1.29 is 9.53 Å². The summed E-state index contributed by atoms with van der Waals surface area (Å²) in [6.45, 7) is 1.70. The lowest BCUT2D eigenvalue weighted by atomic mass is 10.2. The fourth-order valence-corrected chi connectivity index (χ4v) is 2.07. The number of hydrogen-bond acceptors (Lipinski definition) is 3. The number of anilines is 2. The molecule has 0 aliphatic rings. The molecular weight excluding hydrogens is 300 g/mol. The van der Waals surface area contributed by atoms with E-state index in [0.717, 1.165) is 11.4 Å². The highest BCUT2D eigenvalue weighted by Crippen LogP contribution is 2.19. The Balaban J connectivity index is 1.96. The van der Waals surface area contributed by atoms with E-state index in [9.17, 15) is 4.79 Å². The molecule has 1 N–H and O–H groups in total. The van der Waals surface area contributed by atoms with Crippen LogP contribution in [0, 0.1) is 0 Å². The number of nitrogens with one attached hydrogen (secondary N) is 1. The van der Waals surface area contributed by atoms with E-state index in [1.165, 1.54) is 0 Å². The molecule has 0 fully saturated rings. The van der Waals surface area contributed by atoms with Gasteiger partial charge in [-0.2, -0.15) is 0 Å². The first kappa shape index (κ1) is 16.2. The van der Waals surface area contributed by atoms with Crippen molar-refractivity contribution in [1.82, 2.24) is 0 Å². The molecule has 116 valence electrons. The van der Waals surface area contributed by atoms with Crippen LogP contribution < -0.4 is 15.0 Å². The van der Waals surface area contributed by atoms with Crippen LogP contribution in [0.4, 0.5) is 11.4 Å². The predicted molar refractivity (Wildman–Crippen MR) is 90.9 cm³/mol. The Labute approximate surface area is 135 Å². The Bertz CT molecular complexity index is 641. The molecule has 0 heterocycles. The Morgan fingerprint density at radius 3 is 2.45 bits per heavy atom. The first-order valence-electron chi connectivity index (χ1n) is 6.96. The number of carbonyl (C=O) groups excluding carboxylic acids is 1. The molecule has 2 aromatic rings. The van der Waals surface area contributed by atoms with E-state index in [1.807, 2.05) is 43.3 Å². The summed E-state index contributed by atoms with van der Waals surface area (Å²) < 4.78 is 5.59. The molecule has 4 nitrogen and oxygen atoms in total. The summed E-state index contributed by atoms with van der Waals surface area (Å²) in [4.78, 5) is 14.1. The maximum atomic E-state index is 12.1. The Morgan fingerprint density at radius 1 is 1.18 bits per heavy atom. The molecule has 2 rings (SSSR count). The smallest absolute Gasteiger partial charge is 0.265 e. The Hall–Kier alpha value is -2.20. The molecular formula is C17H19ClN2O2. The zero-order valence-corrected chi connectivity index (χ0v) is 13.6. The number of amides is 1. The minimum atomic E-state index is -0.619. The van der Waals surface area contributed by atoms with Crippen LogP contribution in [0.3, 0.4) is 0 Å². The fraction of sp³-hybridized carbons (Fsp3) is 0.235. The van der Waals surface area contributed by atoms with Gasteiger partial charge in [0.25, 0.3) is 5.91 Å². The topological polar surface area (TPSA) is 41.6 Å². The molecule has 5 heteroatoms. The van der Waals surface area contributed by atoms with Crippen LogP contribution in [0.25, 0.3) is 0 Å². The zero-order valence-electron chi connectivity index (χ0n) is 12.8. The first-order chi connectivity index (χ1) is 10.5. The normalized spacial score (nSPS) is 11.6. The second-order valence-corrected chi connectivity index (χ2v) is 5.58. The summed E-state index contributed by atoms with van der Waals surface area (Å²) in [7, 11) is 3.93. The van der Waals surface area contributed by atoms with Gasteiger partial charge in [-0.25, -0.2) is 0 Å². The van der Waals surface area contributed by atoms with Crippen molar-refractivity contribution in [2.45, 2.75) is 13.0 Å². The van der Waals surface area contributed by atoms with Gasteiger partial charge in [-0.05, 0) is 49.4 Å². The van der Waals surface area contributed by atoms with Crippen molar-refractivity contribution in [3.05, 3.63) is 53.6 Å². The van der Waals surface area contributed by atoms with Crippen LogP contribution in [-0.4, -0.2) is 26.1 Å². The molecule has 0 spiro atoms. The van der Waals surface area contributed by atoms with Gasteiger partial charge in [0.05, 0.1) is 0 Å². The molecule has 0 aromatic heterocycles. The standard InChI is InChI=1S/C17H19ClN2O2/c1-12(22-16-6-4-5-13(18)11-16)17(21)19-14-7-9-15(10-8-14)20(2)3/h4-12H,1-3H3,(H,19,21). The average molecular weight is 319 g/mol. The largest absolute Gasteiger partial charge is 0.481 e. The molecule has 1 atom stereocenters. The van der Waals surface area contributed by atoms with Crippen LogP contribution in [0.2, 0.25) is 5.02 Å². The van der Waals surface area contributed by atoms with Crippen molar-refractivity contribution >= 4 is 28.9 Å². The van der Waals surface area contributed by atoms with E-state index < -0.39 is 6.10 Å². The van der Waals surface area contributed by atoms with Crippen LogP contribution in [-0.2, 0) is 4.79 Å². The SMILES string of the molecule is CC(Oc1cccc(Cl)c1)C(=O)Nc1ccc(N(C)C)cc1. The third kappa shape index (κ3) is 4.40. The van der Waals surface area contributed by atoms with E-state index in [-0.39, 0.29) is 5.91 Å². The van der Waals surface area contributed by atoms with Gasteiger partial charge in [0.2, 0.25) is 0 Å². The van der Waals surface area contributed by atoms with E-state index >= 15 is 0 Å². The summed E-state index contributed by atoms with van der Waals surface area (Å²) in [5, 5.41) is 3.40. The quantitative estimate of drug-likeness (QED) is 0.911. The summed E-state index contributed by atoms with van der Waals surface area (Å²) in [6, 6.07) is 14.6. The Kier molecular flexibility index (Phi) is 5.28. The molecule has 22 heavy (non-hydrogen) atoms. The molecule has 0 bridgehead atoms. The second kappa shape index (κ2) is 7.18. The van der Waals surface area contributed by atoms with Gasteiger partial charge in [-0.15, -0.1) is 0 Å². The lowest BCUT2D eigenvalue weighted by molar-refractivity contribution is -0.122. The highest BCUT2D eigenvalue weighted by molar-refractivity contribution is 6.30. The number of rotatable bonds is 5. The van der Waals surface area contributed by atoms with Gasteiger partial charge in [0.1, 0.15) is 5.75 Å². The third-order valence-electron chi connectivity index (χ3n) is 3.13. The average Bonchev–Trinajstić information content (AvgIpc) is 2.47. The molecule has 0 radical (unpaired) electrons. The second-order valence-electron chi connectivity index (χ2n) is 5.15. The van der Waals surface area contributed by atoms with E-state index in [2.05, 4.69) is 5.32 Å². The number of halogens is 1. The van der Waals surface area contributed by atoms with Gasteiger partial charge < -0.3 is 15.0 Å². The maximum absolute atomic E-state index is 12.1. The number of ether oxygens (including phenoxy) is 1. The van der Waals surface area contributed by atoms with Gasteiger partial charge in [-0.1, -0.05) is 17.7 Å². The van der Waals surface area contributed by atoms with E-state index in [4.69, 9.17) is 16.3 Å². The summed E-state index contributed by atoms with van der Waals surface area (Å²) in [6.07, 6.45) is -0.619. The van der Waals surface area contributed by atoms with E-state index in [0.29, 0.717) is 10.8 Å². The van der Waals surface area contributed by atoms with Crippen molar-refractivity contribution in [3.8, 4) is 5.75 Å². The summed E-state index contributed by atoms with van der Waals surface area (Å²) in [5.74, 6) is 0.357. The van der Waals surface area contributed by atoms with Crippen LogP contribution in [0.15, 0.2) is 48.5 Å². The van der Waals surface area contributed by atoms with Gasteiger partial charge in [0.15, 0.2) is 6.10 Å². The van der Waals surface area contributed by atoms with Gasteiger partial charge in [-0.3, -0.25) is 4.79 Å². The number of carbonyl (C=O) groups is 1. The zero-order chi connectivity index (χ0) is 16.1. The molecule has 2 aromatic carbocycles. The minimum absolute atomic E-state index is 0.211. The molecule has 0 saturated heterocycles.